The zero-order valence-corrected chi connectivity index (χ0v) is 11.2. The fraction of sp³-hybridized carbons (Fsp3) is 0.929. The smallest absolute Gasteiger partial charge is 0.303 e. The maximum absolute atomic E-state index is 10.3. The van der Waals surface area contributed by atoms with Gasteiger partial charge in [0.05, 0.1) is 0 Å². The Morgan fingerprint density at radius 2 is 1.76 bits per heavy atom. The summed E-state index contributed by atoms with van der Waals surface area (Å²) >= 11 is 0. The van der Waals surface area contributed by atoms with Crippen molar-refractivity contribution in [3.05, 3.63) is 0 Å². The average Bonchev–Trinajstić information content (AvgIpc) is 2.21. The van der Waals surface area contributed by atoms with Gasteiger partial charge in [0.1, 0.15) is 0 Å². The third-order valence-corrected chi connectivity index (χ3v) is 3.68. The molecule has 1 fully saturated rings. The third kappa shape index (κ3) is 6.67. The number of nitrogens with one attached hydrogen (secondary N) is 1. The van der Waals surface area contributed by atoms with Crippen molar-refractivity contribution in [2.45, 2.75) is 64.8 Å². The summed E-state index contributed by atoms with van der Waals surface area (Å²) in [5, 5.41) is 12.1. The fourth-order valence-corrected chi connectivity index (χ4v) is 3.00. The van der Waals surface area contributed by atoms with Gasteiger partial charge in [-0.25, -0.2) is 0 Å². The minimum atomic E-state index is -0.673. The second kappa shape index (κ2) is 7.70. The minimum Gasteiger partial charge on any atom is -0.481 e. The Morgan fingerprint density at radius 1 is 1.12 bits per heavy atom. The number of hydrogen-bond donors (Lipinski definition) is 2. The van der Waals surface area contributed by atoms with Crippen LogP contribution in [0.15, 0.2) is 0 Å². The van der Waals surface area contributed by atoms with Crippen LogP contribution >= 0.6 is 0 Å². The number of carbonyl (C=O) groups is 1. The zero-order chi connectivity index (χ0) is 12.7. The number of aliphatic carboxylic acids is 1. The van der Waals surface area contributed by atoms with Gasteiger partial charge in [-0.05, 0) is 50.5 Å². The molecule has 0 bridgehead atoms. The van der Waals surface area contributed by atoms with Crippen LogP contribution in [-0.4, -0.2) is 23.7 Å². The van der Waals surface area contributed by atoms with Gasteiger partial charge in [-0.1, -0.05) is 20.3 Å². The van der Waals surface area contributed by atoms with Crippen LogP contribution in [0.25, 0.3) is 0 Å². The lowest BCUT2D eigenvalue weighted by atomic mass is 9.80. The molecular weight excluding hydrogens is 214 g/mol. The zero-order valence-electron chi connectivity index (χ0n) is 11.2. The molecule has 0 aromatic carbocycles. The molecule has 0 radical (unpaired) electrons. The quantitative estimate of drug-likeness (QED) is 0.674. The van der Waals surface area contributed by atoms with E-state index >= 15 is 0 Å². The maximum atomic E-state index is 10.3. The second-order valence-corrected chi connectivity index (χ2v) is 5.77. The summed E-state index contributed by atoms with van der Waals surface area (Å²) < 4.78 is 0. The van der Waals surface area contributed by atoms with Crippen molar-refractivity contribution >= 4 is 5.97 Å². The Bertz CT molecular complexity index is 220. The Labute approximate surface area is 105 Å². The molecule has 0 heterocycles. The Balaban J connectivity index is 2.00. The molecule has 1 aliphatic rings. The van der Waals surface area contributed by atoms with E-state index in [1.807, 2.05) is 0 Å². The van der Waals surface area contributed by atoms with E-state index in [4.69, 9.17) is 5.11 Å². The summed E-state index contributed by atoms with van der Waals surface area (Å²) in [5.74, 6) is 1.03. The highest BCUT2D eigenvalue weighted by atomic mass is 16.4. The highest BCUT2D eigenvalue weighted by molar-refractivity contribution is 5.66. The first-order chi connectivity index (χ1) is 8.08. The molecule has 2 unspecified atom stereocenters. The highest BCUT2D eigenvalue weighted by Gasteiger charge is 2.22. The molecule has 17 heavy (non-hydrogen) atoms. The monoisotopic (exact) mass is 241 g/mol. The van der Waals surface area contributed by atoms with Crippen LogP contribution in [0.5, 0.6) is 0 Å². The summed E-state index contributed by atoms with van der Waals surface area (Å²) in [6.45, 7) is 5.73. The molecule has 1 rings (SSSR count). The first-order valence-electron chi connectivity index (χ1n) is 7.03. The molecule has 0 aromatic rings. The van der Waals surface area contributed by atoms with E-state index in [0.29, 0.717) is 12.5 Å². The van der Waals surface area contributed by atoms with Crippen molar-refractivity contribution in [1.29, 1.82) is 0 Å². The molecule has 0 saturated heterocycles. The molecule has 0 spiro atoms. The van der Waals surface area contributed by atoms with Crippen LogP contribution in [0.2, 0.25) is 0 Å². The van der Waals surface area contributed by atoms with E-state index in [-0.39, 0.29) is 0 Å². The van der Waals surface area contributed by atoms with Crippen LogP contribution in [0, 0.1) is 11.8 Å². The largest absolute Gasteiger partial charge is 0.481 e. The number of carboxylic acids is 1. The van der Waals surface area contributed by atoms with Crippen LogP contribution < -0.4 is 5.32 Å². The summed E-state index contributed by atoms with van der Waals surface area (Å²) in [7, 11) is 0. The predicted octanol–water partition coefficient (Wildman–Crippen LogP) is 3.05. The van der Waals surface area contributed by atoms with Gasteiger partial charge in [0.2, 0.25) is 0 Å². The van der Waals surface area contributed by atoms with Crippen molar-refractivity contribution in [2.75, 3.05) is 6.54 Å². The topological polar surface area (TPSA) is 49.3 Å². The predicted molar refractivity (Wildman–Crippen MR) is 70.1 cm³/mol. The minimum absolute atomic E-state index is 0.317. The van der Waals surface area contributed by atoms with Gasteiger partial charge in [-0.3, -0.25) is 4.79 Å². The molecule has 1 saturated carbocycles. The average molecular weight is 241 g/mol. The van der Waals surface area contributed by atoms with Gasteiger partial charge in [0.15, 0.2) is 0 Å². The van der Waals surface area contributed by atoms with Gasteiger partial charge in [0.25, 0.3) is 0 Å². The van der Waals surface area contributed by atoms with Gasteiger partial charge >= 0.3 is 5.97 Å². The molecule has 2 N–H and O–H groups in total. The highest BCUT2D eigenvalue weighted by Crippen LogP contribution is 2.28. The van der Waals surface area contributed by atoms with Crippen LogP contribution in [0.1, 0.15) is 58.8 Å². The molecule has 1 aliphatic carbocycles. The Kier molecular flexibility index (Phi) is 6.56. The lowest BCUT2D eigenvalue weighted by Crippen LogP contribution is -2.36. The standard InChI is InChI=1S/C14H27NO2/c1-11-8-12(2)10-13(9-11)15-7-5-3-4-6-14(16)17/h11-13,15H,3-10H2,1-2H3,(H,16,17). The summed E-state index contributed by atoms with van der Waals surface area (Å²) in [4.78, 5) is 10.3. The maximum Gasteiger partial charge on any atom is 0.303 e. The molecule has 2 atom stereocenters. The number of unbranched alkanes of at least 4 members (excludes halogenated alkanes) is 2. The van der Waals surface area contributed by atoms with E-state index in [1.165, 1.54) is 19.3 Å². The van der Waals surface area contributed by atoms with E-state index in [0.717, 1.165) is 37.6 Å². The van der Waals surface area contributed by atoms with Gasteiger partial charge < -0.3 is 10.4 Å². The number of rotatable bonds is 7. The summed E-state index contributed by atoms with van der Waals surface area (Å²) in [6, 6.07) is 0.688. The van der Waals surface area contributed by atoms with Gasteiger partial charge in [-0.15, -0.1) is 0 Å². The normalized spacial score (nSPS) is 29.2. The van der Waals surface area contributed by atoms with Crippen molar-refractivity contribution < 1.29 is 9.90 Å². The number of carboxylic acid groups (broad SMARTS) is 1. The molecule has 0 amide bonds. The first kappa shape index (κ1) is 14.5. The van der Waals surface area contributed by atoms with Crippen LogP contribution in [-0.2, 0) is 4.79 Å². The first-order valence-corrected chi connectivity index (χ1v) is 7.03. The summed E-state index contributed by atoms with van der Waals surface area (Å²) in [5.41, 5.74) is 0. The van der Waals surface area contributed by atoms with Crippen molar-refractivity contribution in [2.24, 2.45) is 11.8 Å². The van der Waals surface area contributed by atoms with E-state index in [2.05, 4.69) is 19.2 Å². The second-order valence-electron chi connectivity index (χ2n) is 5.77. The lowest BCUT2D eigenvalue weighted by molar-refractivity contribution is -0.137. The Morgan fingerprint density at radius 3 is 2.35 bits per heavy atom. The van der Waals surface area contributed by atoms with E-state index in [9.17, 15) is 4.79 Å². The van der Waals surface area contributed by atoms with Crippen LogP contribution in [0.4, 0.5) is 0 Å². The fourth-order valence-electron chi connectivity index (χ4n) is 3.00. The molecule has 3 heteroatoms. The Hall–Kier alpha value is -0.570. The van der Waals surface area contributed by atoms with Gasteiger partial charge in [0, 0.05) is 12.5 Å². The number of hydrogen-bond acceptors (Lipinski definition) is 2. The van der Waals surface area contributed by atoms with Crippen molar-refractivity contribution in [3.8, 4) is 0 Å². The molecule has 100 valence electrons. The van der Waals surface area contributed by atoms with Crippen LogP contribution in [0.3, 0.4) is 0 Å². The SMILES string of the molecule is CC1CC(C)CC(NCCCCCC(=O)O)C1. The molecular formula is C14H27NO2. The van der Waals surface area contributed by atoms with E-state index < -0.39 is 5.97 Å². The van der Waals surface area contributed by atoms with Gasteiger partial charge in [-0.2, -0.15) is 0 Å². The molecule has 3 nitrogen and oxygen atoms in total. The van der Waals surface area contributed by atoms with Crippen molar-refractivity contribution in [3.63, 3.8) is 0 Å². The summed E-state index contributed by atoms with van der Waals surface area (Å²) in [6.07, 6.45) is 7.24. The third-order valence-electron chi connectivity index (χ3n) is 3.68. The lowest BCUT2D eigenvalue weighted by Gasteiger charge is -2.32. The van der Waals surface area contributed by atoms with Crippen molar-refractivity contribution in [1.82, 2.24) is 5.32 Å². The molecule has 0 aliphatic heterocycles. The van der Waals surface area contributed by atoms with E-state index in [1.54, 1.807) is 0 Å². The molecule has 0 aromatic heterocycles.